The summed E-state index contributed by atoms with van der Waals surface area (Å²) in [6.45, 7) is 3.86. The molecule has 2 heterocycles. The highest BCUT2D eigenvalue weighted by Gasteiger charge is 2.19. The number of rotatable bonds is 3. The molecular weight excluding hydrogens is 296 g/mol. The second-order valence-electron chi connectivity index (χ2n) is 4.52. The van der Waals surface area contributed by atoms with Crippen molar-refractivity contribution in [3.63, 3.8) is 0 Å². The highest BCUT2D eigenvalue weighted by molar-refractivity contribution is 9.10. The fourth-order valence-electron chi connectivity index (χ4n) is 2.13. The van der Waals surface area contributed by atoms with E-state index in [1.807, 2.05) is 34.0 Å². The molecule has 0 fully saturated rings. The number of aliphatic hydroxyl groups excluding tert-OH is 1. The fourth-order valence-corrected chi connectivity index (χ4v) is 2.63. The van der Waals surface area contributed by atoms with E-state index in [9.17, 15) is 5.11 Å². The number of hydrogen-bond acceptors (Lipinski definition) is 3. The van der Waals surface area contributed by atoms with Crippen molar-refractivity contribution in [3.05, 3.63) is 33.3 Å². The van der Waals surface area contributed by atoms with Gasteiger partial charge in [0.15, 0.2) is 0 Å². The van der Waals surface area contributed by atoms with Gasteiger partial charge in [-0.2, -0.15) is 10.2 Å². The Morgan fingerprint density at radius 3 is 2.39 bits per heavy atom. The SMILES string of the molecule is Cc1cc(C(O)Cc2c(Br)c(C)nn2C)n(C)n1. The molecule has 0 aromatic carbocycles. The zero-order chi connectivity index (χ0) is 13.4. The summed E-state index contributed by atoms with van der Waals surface area (Å²) < 4.78 is 4.48. The van der Waals surface area contributed by atoms with E-state index in [2.05, 4.69) is 26.1 Å². The zero-order valence-electron chi connectivity index (χ0n) is 11.0. The van der Waals surface area contributed by atoms with Crippen LogP contribution in [0.25, 0.3) is 0 Å². The highest BCUT2D eigenvalue weighted by atomic mass is 79.9. The molecule has 0 saturated carbocycles. The third kappa shape index (κ3) is 2.35. The van der Waals surface area contributed by atoms with Crippen LogP contribution in [0.5, 0.6) is 0 Å². The molecule has 2 rings (SSSR count). The van der Waals surface area contributed by atoms with Crippen LogP contribution < -0.4 is 0 Å². The predicted octanol–water partition coefficient (Wildman–Crippen LogP) is 1.81. The monoisotopic (exact) mass is 312 g/mol. The van der Waals surface area contributed by atoms with Crippen molar-refractivity contribution in [1.82, 2.24) is 19.6 Å². The molecule has 0 saturated heterocycles. The lowest BCUT2D eigenvalue weighted by Crippen LogP contribution is -2.10. The highest BCUT2D eigenvalue weighted by Crippen LogP contribution is 2.26. The van der Waals surface area contributed by atoms with Crippen LogP contribution in [0.3, 0.4) is 0 Å². The normalized spacial score (nSPS) is 13.0. The van der Waals surface area contributed by atoms with Crippen LogP contribution in [0.2, 0.25) is 0 Å². The summed E-state index contributed by atoms with van der Waals surface area (Å²) in [7, 11) is 3.73. The minimum Gasteiger partial charge on any atom is -0.386 e. The largest absolute Gasteiger partial charge is 0.386 e. The average molecular weight is 313 g/mol. The summed E-state index contributed by atoms with van der Waals surface area (Å²) in [6, 6.07) is 1.90. The first kappa shape index (κ1) is 13.3. The first-order chi connectivity index (χ1) is 8.40. The molecule has 0 bridgehead atoms. The lowest BCUT2D eigenvalue weighted by Gasteiger charge is -2.11. The molecule has 1 atom stereocenters. The molecule has 1 unspecified atom stereocenters. The summed E-state index contributed by atoms with van der Waals surface area (Å²) >= 11 is 3.51. The maximum Gasteiger partial charge on any atom is 0.101 e. The lowest BCUT2D eigenvalue weighted by atomic mass is 10.1. The van der Waals surface area contributed by atoms with Gasteiger partial charge in [-0.25, -0.2) is 0 Å². The Hall–Kier alpha value is -1.14. The first-order valence-electron chi connectivity index (χ1n) is 5.76. The Labute approximate surface area is 115 Å². The Bertz CT molecular complexity index is 573. The van der Waals surface area contributed by atoms with E-state index < -0.39 is 6.10 Å². The van der Waals surface area contributed by atoms with Crippen molar-refractivity contribution in [1.29, 1.82) is 0 Å². The maximum atomic E-state index is 10.3. The lowest BCUT2D eigenvalue weighted by molar-refractivity contribution is 0.166. The minimum absolute atomic E-state index is 0.511. The van der Waals surface area contributed by atoms with Gasteiger partial charge in [0.2, 0.25) is 0 Å². The Morgan fingerprint density at radius 2 is 1.94 bits per heavy atom. The summed E-state index contributed by atoms with van der Waals surface area (Å²) in [4.78, 5) is 0. The van der Waals surface area contributed by atoms with E-state index in [0.717, 1.165) is 27.2 Å². The molecule has 1 N–H and O–H groups in total. The summed E-state index contributed by atoms with van der Waals surface area (Å²) in [6.07, 6.45) is -0.0704. The van der Waals surface area contributed by atoms with Gasteiger partial charge in [-0.3, -0.25) is 9.36 Å². The van der Waals surface area contributed by atoms with Crippen molar-refractivity contribution in [2.45, 2.75) is 26.4 Å². The third-order valence-corrected chi connectivity index (χ3v) is 4.06. The predicted molar refractivity (Wildman–Crippen MR) is 72.3 cm³/mol. The number of aromatic nitrogens is 4. The Kier molecular flexibility index (Phi) is 3.59. The van der Waals surface area contributed by atoms with E-state index in [4.69, 9.17) is 0 Å². The van der Waals surface area contributed by atoms with E-state index in [1.54, 1.807) is 9.36 Å². The number of halogens is 1. The molecule has 0 radical (unpaired) electrons. The van der Waals surface area contributed by atoms with Crippen LogP contribution in [0.4, 0.5) is 0 Å². The second kappa shape index (κ2) is 4.85. The van der Waals surface area contributed by atoms with E-state index in [-0.39, 0.29) is 0 Å². The van der Waals surface area contributed by atoms with Gasteiger partial charge < -0.3 is 5.11 Å². The smallest absolute Gasteiger partial charge is 0.101 e. The quantitative estimate of drug-likeness (QED) is 0.940. The van der Waals surface area contributed by atoms with Crippen molar-refractivity contribution in [2.24, 2.45) is 14.1 Å². The van der Waals surface area contributed by atoms with Crippen LogP contribution in [0.1, 0.15) is 28.9 Å². The van der Waals surface area contributed by atoms with Gasteiger partial charge in [-0.05, 0) is 35.8 Å². The van der Waals surface area contributed by atoms with Gasteiger partial charge in [0, 0.05) is 20.5 Å². The van der Waals surface area contributed by atoms with E-state index in [0.29, 0.717) is 6.42 Å². The molecule has 0 spiro atoms. The van der Waals surface area contributed by atoms with Crippen molar-refractivity contribution in [3.8, 4) is 0 Å². The van der Waals surface area contributed by atoms with Gasteiger partial charge in [-0.1, -0.05) is 0 Å². The van der Waals surface area contributed by atoms with Gasteiger partial charge >= 0.3 is 0 Å². The minimum atomic E-state index is -0.581. The third-order valence-electron chi connectivity index (χ3n) is 3.03. The molecule has 5 nitrogen and oxygen atoms in total. The van der Waals surface area contributed by atoms with E-state index >= 15 is 0 Å². The zero-order valence-corrected chi connectivity index (χ0v) is 12.6. The first-order valence-corrected chi connectivity index (χ1v) is 6.56. The van der Waals surface area contributed by atoms with E-state index in [1.165, 1.54) is 0 Å². The van der Waals surface area contributed by atoms with Gasteiger partial charge in [0.1, 0.15) is 6.10 Å². The van der Waals surface area contributed by atoms with Crippen LogP contribution in [-0.4, -0.2) is 24.7 Å². The second-order valence-corrected chi connectivity index (χ2v) is 5.32. The number of hydrogen-bond donors (Lipinski definition) is 1. The summed E-state index contributed by atoms with van der Waals surface area (Å²) in [5.41, 5.74) is 3.64. The van der Waals surface area contributed by atoms with Gasteiger partial charge in [0.05, 0.1) is 27.2 Å². The molecule has 18 heavy (non-hydrogen) atoms. The molecular formula is C12H17BrN4O. The molecule has 6 heteroatoms. The summed E-state index contributed by atoms with van der Waals surface area (Å²) in [5, 5.41) is 18.9. The molecule has 0 amide bonds. The van der Waals surface area contributed by atoms with Crippen LogP contribution in [0.15, 0.2) is 10.5 Å². The number of nitrogens with zero attached hydrogens (tertiary/aromatic N) is 4. The standard InChI is InChI=1S/C12H17BrN4O/c1-7-5-9(16(3)14-7)11(18)6-10-12(13)8(2)15-17(10)4/h5,11,18H,6H2,1-4H3. The topological polar surface area (TPSA) is 55.9 Å². The molecule has 2 aromatic heterocycles. The van der Waals surface area contributed by atoms with Crippen molar-refractivity contribution < 1.29 is 5.11 Å². The van der Waals surface area contributed by atoms with Crippen LogP contribution >= 0.6 is 15.9 Å². The summed E-state index contributed by atoms with van der Waals surface area (Å²) in [5.74, 6) is 0. The van der Waals surface area contributed by atoms with Crippen LogP contribution in [0, 0.1) is 13.8 Å². The molecule has 0 aliphatic rings. The molecule has 0 aliphatic carbocycles. The maximum absolute atomic E-state index is 10.3. The van der Waals surface area contributed by atoms with Gasteiger partial charge in [0.25, 0.3) is 0 Å². The van der Waals surface area contributed by atoms with Crippen molar-refractivity contribution >= 4 is 15.9 Å². The molecule has 0 aliphatic heterocycles. The average Bonchev–Trinajstić information content (AvgIpc) is 2.73. The van der Waals surface area contributed by atoms with Crippen molar-refractivity contribution in [2.75, 3.05) is 0 Å². The number of aryl methyl sites for hydroxylation is 4. The molecule has 98 valence electrons. The Balaban J connectivity index is 2.26. The number of aliphatic hydroxyl groups is 1. The fraction of sp³-hybridized carbons (Fsp3) is 0.500. The molecule has 2 aromatic rings. The van der Waals surface area contributed by atoms with Gasteiger partial charge in [-0.15, -0.1) is 0 Å². The Morgan fingerprint density at radius 1 is 1.28 bits per heavy atom. The van der Waals surface area contributed by atoms with Crippen LogP contribution in [-0.2, 0) is 20.5 Å².